The number of hydrogen-bond acceptors (Lipinski definition) is 5. The van der Waals surface area contributed by atoms with Gasteiger partial charge in [0.2, 0.25) is 5.95 Å². The molecule has 0 atom stereocenters. The number of rotatable bonds is 4. The molecule has 1 heterocycles. The third kappa shape index (κ3) is 3.56. The average Bonchev–Trinajstić information content (AvgIpc) is 2.62. The number of hydrogen-bond donors (Lipinski definition) is 4. The first-order valence-electron chi connectivity index (χ1n) is 7.47. The van der Waals surface area contributed by atoms with Crippen molar-refractivity contribution in [3.8, 4) is 0 Å². The van der Waals surface area contributed by atoms with E-state index in [1.165, 1.54) is 30.3 Å². The number of carbonyl (C=O) groups excluding carboxylic acids is 1. The molecule has 4 N–H and O–H groups in total. The minimum atomic E-state index is -0.527. The number of aromatic amines is 1. The molecular formula is C17H13Cl2N3O4. The molecule has 2 aromatic carbocycles. The zero-order chi connectivity index (χ0) is 18.8. The molecular weight excluding hydrogens is 381 g/mol. The van der Waals surface area contributed by atoms with Gasteiger partial charge >= 0.3 is 0 Å². The first-order valence-corrected chi connectivity index (χ1v) is 8.22. The molecule has 0 radical (unpaired) electrons. The number of aliphatic hydroxyl groups is 2. The SMILES string of the molecule is O=C(Nc1nc2cc(CO)c(CO)cc2c(=O)[nH]1)c1ccc(Cl)c(Cl)c1. The summed E-state index contributed by atoms with van der Waals surface area (Å²) in [6.45, 7) is -0.633. The Hall–Kier alpha value is -2.45. The maximum atomic E-state index is 12.3. The van der Waals surface area contributed by atoms with Crippen molar-refractivity contribution in [2.75, 3.05) is 5.32 Å². The molecule has 7 nitrogen and oxygen atoms in total. The highest BCUT2D eigenvalue weighted by molar-refractivity contribution is 6.42. The maximum Gasteiger partial charge on any atom is 0.260 e. The van der Waals surface area contributed by atoms with E-state index in [2.05, 4.69) is 15.3 Å². The first-order chi connectivity index (χ1) is 12.4. The van der Waals surface area contributed by atoms with Crippen LogP contribution in [0.3, 0.4) is 0 Å². The summed E-state index contributed by atoms with van der Waals surface area (Å²) in [6, 6.07) is 7.32. The van der Waals surface area contributed by atoms with Crippen molar-refractivity contribution < 1.29 is 15.0 Å². The molecule has 0 spiro atoms. The lowest BCUT2D eigenvalue weighted by Crippen LogP contribution is -2.19. The summed E-state index contributed by atoms with van der Waals surface area (Å²) in [4.78, 5) is 31.2. The van der Waals surface area contributed by atoms with Crippen LogP contribution in [0.1, 0.15) is 21.5 Å². The Morgan fingerprint density at radius 3 is 2.42 bits per heavy atom. The molecule has 0 unspecified atom stereocenters. The highest BCUT2D eigenvalue weighted by Crippen LogP contribution is 2.23. The van der Waals surface area contributed by atoms with Crippen molar-refractivity contribution in [1.29, 1.82) is 0 Å². The summed E-state index contributed by atoms with van der Waals surface area (Å²) in [5.41, 5.74) is 0.909. The molecule has 26 heavy (non-hydrogen) atoms. The average molecular weight is 394 g/mol. The zero-order valence-corrected chi connectivity index (χ0v) is 14.7. The molecule has 0 fully saturated rings. The molecule has 0 bridgehead atoms. The van der Waals surface area contributed by atoms with Crippen LogP contribution in [0, 0.1) is 0 Å². The normalized spacial score (nSPS) is 10.9. The van der Waals surface area contributed by atoms with Crippen molar-refractivity contribution in [2.45, 2.75) is 13.2 Å². The van der Waals surface area contributed by atoms with Crippen molar-refractivity contribution in [3.63, 3.8) is 0 Å². The van der Waals surface area contributed by atoms with Crippen LogP contribution < -0.4 is 10.9 Å². The van der Waals surface area contributed by atoms with E-state index in [9.17, 15) is 19.8 Å². The summed E-state index contributed by atoms with van der Waals surface area (Å²) in [7, 11) is 0. The van der Waals surface area contributed by atoms with E-state index in [1.807, 2.05) is 0 Å². The fourth-order valence-corrected chi connectivity index (χ4v) is 2.74. The van der Waals surface area contributed by atoms with Gasteiger partial charge in [-0.1, -0.05) is 23.2 Å². The summed E-state index contributed by atoms with van der Waals surface area (Å²) in [5.74, 6) is -0.584. The van der Waals surface area contributed by atoms with Gasteiger partial charge in [0.15, 0.2) is 0 Å². The van der Waals surface area contributed by atoms with Crippen LogP contribution >= 0.6 is 23.2 Å². The number of nitrogens with one attached hydrogen (secondary N) is 2. The smallest absolute Gasteiger partial charge is 0.260 e. The van der Waals surface area contributed by atoms with Crippen LogP contribution in [0.25, 0.3) is 10.9 Å². The second kappa shape index (κ2) is 7.43. The molecule has 1 amide bonds. The molecule has 3 aromatic rings. The molecule has 9 heteroatoms. The lowest BCUT2D eigenvalue weighted by molar-refractivity contribution is 0.102. The fourth-order valence-electron chi connectivity index (χ4n) is 2.44. The van der Waals surface area contributed by atoms with Crippen LogP contribution in [-0.4, -0.2) is 26.1 Å². The molecule has 3 rings (SSSR count). The summed E-state index contributed by atoms with van der Waals surface area (Å²) < 4.78 is 0. The van der Waals surface area contributed by atoms with E-state index in [-0.39, 0.29) is 40.7 Å². The number of aliphatic hydroxyl groups excluding tert-OH is 2. The van der Waals surface area contributed by atoms with Gasteiger partial charge in [0.1, 0.15) is 0 Å². The van der Waals surface area contributed by atoms with Gasteiger partial charge in [-0.3, -0.25) is 19.9 Å². The zero-order valence-electron chi connectivity index (χ0n) is 13.2. The third-order valence-electron chi connectivity index (χ3n) is 3.78. The van der Waals surface area contributed by atoms with E-state index in [0.717, 1.165) is 0 Å². The first kappa shape index (κ1) is 18.3. The Kier molecular flexibility index (Phi) is 5.24. The Labute approximate surface area is 157 Å². The molecule has 0 aliphatic heterocycles. The van der Waals surface area contributed by atoms with Gasteiger partial charge in [-0.2, -0.15) is 0 Å². The van der Waals surface area contributed by atoms with Crippen molar-refractivity contribution in [3.05, 3.63) is 67.4 Å². The van der Waals surface area contributed by atoms with E-state index in [0.29, 0.717) is 16.1 Å². The Morgan fingerprint density at radius 2 is 1.77 bits per heavy atom. The van der Waals surface area contributed by atoms with E-state index in [4.69, 9.17) is 23.2 Å². The van der Waals surface area contributed by atoms with Gasteiger partial charge in [0, 0.05) is 5.56 Å². The Bertz CT molecular complexity index is 1070. The highest BCUT2D eigenvalue weighted by atomic mass is 35.5. The lowest BCUT2D eigenvalue weighted by atomic mass is 10.1. The number of nitrogens with zero attached hydrogens (tertiary/aromatic N) is 1. The summed E-state index contributed by atoms with van der Waals surface area (Å²) >= 11 is 11.7. The Morgan fingerprint density at radius 1 is 1.08 bits per heavy atom. The molecule has 0 saturated carbocycles. The van der Waals surface area contributed by atoms with E-state index in [1.54, 1.807) is 0 Å². The van der Waals surface area contributed by atoms with Gasteiger partial charge in [-0.15, -0.1) is 0 Å². The van der Waals surface area contributed by atoms with Crippen LogP contribution in [0.15, 0.2) is 35.1 Å². The second-order valence-electron chi connectivity index (χ2n) is 5.45. The molecule has 0 aliphatic rings. The van der Waals surface area contributed by atoms with Crippen molar-refractivity contribution >= 4 is 46.0 Å². The molecule has 0 saturated heterocycles. The fraction of sp³-hybridized carbons (Fsp3) is 0.118. The highest BCUT2D eigenvalue weighted by Gasteiger charge is 2.13. The maximum absolute atomic E-state index is 12.3. The van der Waals surface area contributed by atoms with Crippen LogP contribution in [0.2, 0.25) is 10.0 Å². The monoisotopic (exact) mass is 393 g/mol. The number of anilines is 1. The number of fused-ring (bicyclic) bond motifs is 1. The second-order valence-corrected chi connectivity index (χ2v) is 6.27. The largest absolute Gasteiger partial charge is 0.392 e. The molecule has 134 valence electrons. The number of amides is 1. The predicted octanol–water partition coefficient (Wildman–Crippen LogP) is 2.47. The van der Waals surface area contributed by atoms with Crippen molar-refractivity contribution in [2.24, 2.45) is 0 Å². The van der Waals surface area contributed by atoms with Crippen LogP contribution in [-0.2, 0) is 13.2 Å². The van der Waals surface area contributed by atoms with Gasteiger partial charge in [0.25, 0.3) is 11.5 Å². The van der Waals surface area contributed by atoms with Crippen LogP contribution in [0.4, 0.5) is 5.95 Å². The Balaban J connectivity index is 1.99. The number of benzene rings is 2. The van der Waals surface area contributed by atoms with Crippen molar-refractivity contribution in [1.82, 2.24) is 9.97 Å². The van der Waals surface area contributed by atoms with Crippen LogP contribution in [0.5, 0.6) is 0 Å². The quantitative estimate of drug-likeness (QED) is 0.543. The number of H-pyrrole nitrogens is 1. The number of carbonyl (C=O) groups is 1. The van der Waals surface area contributed by atoms with Gasteiger partial charge < -0.3 is 10.2 Å². The van der Waals surface area contributed by atoms with Gasteiger partial charge in [-0.05, 0) is 41.5 Å². The lowest BCUT2D eigenvalue weighted by Gasteiger charge is -2.09. The minimum absolute atomic E-state index is 0.0563. The predicted molar refractivity (Wildman–Crippen MR) is 98.6 cm³/mol. The summed E-state index contributed by atoms with van der Waals surface area (Å²) in [5, 5.41) is 22.0. The molecule has 0 aliphatic carbocycles. The molecule has 1 aromatic heterocycles. The minimum Gasteiger partial charge on any atom is -0.392 e. The standard InChI is InChI=1S/C17H13Cl2N3O4/c18-12-2-1-8(4-13(12)19)15(25)21-17-20-14-5-10(7-24)9(6-23)3-11(14)16(26)22-17/h1-5,23-24H,6-7H2,(H2,20,21,22,25,26). The summed E-state index contributed by atoms with van der Waals surface area (Å²) in [6.07, 6.45) is 0. The number of aromatic nitrogens is 2. The van der Waals surface area contributed by atoms with Gasteiger partial charge in [-0.25, -0.2) is 4.98 Å². The topological polar surface area (TPSA) is 115 Å². The van der Waals surface area contributed by atoms with Gasteiger partial charge in [0.05, 0.1) is 34.2 Å². The van der Waals surface area contributed by atoms with E-state index >= 15 is 0 Å². The third-order valence-corrected chi connectivity index (χ3v) is 4.52. The van der Waals surface area contributed by atoms with E-state index < -0.39 is 11.5 Å². The number of halogens is 2.